The number of benzene rings is 1. The van der Waals surface area contributed by atoms with Gasteiger partial charge in [0, 0.05) is 5.02 Å². The molecule has 0 saturated carbocycles. The molecule has 0 fully saturated rings. The largest absolute Gasteiger partial charge is 1.00 e. The van der Waals surface area contributed by atoms with Gasteiger partial charge in [0.25, 0.3) is 0 Å². The molecule has 0 radical (unpaired) electrons. The first-order valence-electron chi connectivity index (χ1n) is 4.30. The van der Waals surface area contributed by atoms with Crippen molar-refractivity contribution in [2.45, 2.75) is 5.59 Å². The summed E-state index contributed by atoms with van der Waals surface area (Å²) in [5.74, 6) is -0.640. The summed E-state index contributed by atoms with van der Waals surface area (Å²) in [5, 5.41) is 8.30. The fourth-order valence-electron chi connectivity index (χ4n) is 0.964. The van der Waals surface area contributed by atoms with Crippen molar-refractivity contribution in [3.63, 3.8) is 0 Å². The van der Waals surface area contributed by atoms with Crippen LogP contribution in [0, 0.1) is 0 Å². The molecular formula is C7H4Cl3K3O7P2. The van der Waals surface area contributed by atoms with Gasteiger partial charge in [0.05, 0.1) is 10.0 Å². The van der Waals surface area contributed by atoms with E-state index in [0.29, 0.717) is 0 Å². The number of hydrogen-bond donors (Lipinski definition) is 1. The SMILES string of the molecule is O=P([O-])([O-])C(O)P(=O)([O-])Oc1c(Cl)cc(Cl)cc1Cl.[K+].[K+].[K+]. The Morgan fingerprint density at radius 3 is 1.68 bits per heavy atom. The van der Waals surface area contributed by atoms with Crippen LogP contribution in [0.3, 0.4) is 0 Å². The van der Waals surface area contributed by atoms with Crippen molar-refractivity contribution in [3.8, 4) is 5.75 Å². The van der Waals surface area contributed by atoms with Crippen LogP contribution in [-0.2, 0) is 9.13 Å². The molecule has 1 aromatic carbocycles. The van der Waals surface area contributed by atoms with Crippen molar-refractivity contribution in [2.24, 2.45) is 0 Å². The Balaban J connectivity index is -0.00000120. The maximum Gasteiger partial charge on any atom is 1.00 e. The van der Waals surface area contributed by atoms with Crippen molar-refractivity contribution >= 4 is 50.0 Å². The smallest absolute Gasteiger partial charge is 0.809 e. The molecule has 0 aromatic heterocycles. The first-order chi connectivity index (χ1) is 8.45. The minimum atomic E-state index is -5.81. The van der Waals surface area contributed by atoms with Crippen molar-refractivity contribution in [1.29, 1.82) is 0 Å². The molecule has 0 aliphatic carbocycles. The van der Waals surface area contributed by atoms with Gasteiger partial charge in [-0.15, -0.1) is 0 Å². The third kappa shape index (κ3) is 10.0. The van der Waals surface area contributed by atoms with Gasteiger partial charge in [0.2, 0.25) is 7.60 Å². The molecule has 15 heteroatoms. The normalized spacial score (nSPS) is 14.5. The molecule has 0 spiro atoms. The molecule has 0 aliphatic heterocycles. The Kier molecular flexibility index (Phi) is 19.3. The van der Waals surface area contributed by atoms with E-state index in [9.17, 15) is 23.8 Å². The first kappa shape index (κ1) is 31.8. The Morgan fingerprint density at radius 2 is 1.36 bits per heavy atom. The summed E-state index contributed by atoms with van der Waals surface area (Å²) in [6.07, 6.45) is 0. The second-order valence-electron chi connectivity index (χ2n) is 3.22. The summed E-state index contributed by atoms with van der Waals surface area (Å²) < 4.78 is 26.1. The fourth-order valence-corrected chi connectivity index (χ4v) is 4.04. The van der Waals surface area contributed by atoms with Crippen LogP contribution in [0.15, 0.2) is 12.1 Å². The molecule has 0 heterocycles. The fraction of sp³-hybridized carbons (Fsp3) is 0.143. The summed E-state index contributed by atoms with van der Waals surface area (Å²) >= 11 is 16.8. The van der Waals surface area contributed by atoms with Crippen LogP contribution in [0.5, 0.6) is 5.75 Å². The van der Waals surface area contributed by atoms with E-state index in [1.807, 2.05) is 0 Å². The van der Waals surface area contributed by atoms with E-state index in [-0.39, 0.29) is 169 Å². The van der Waals surface area contributed by atoms with Crippen LogP contribution in [0.25, 0.3) is 0 Å². The first-order valence-corrected chi connectivity index (χ1v) is 8.65. The maximum absolute atomic E-state index is 11.4. The van der Waals surface area contributed by atoms with E-state index >= 15 is 0 Å². The summed E-state index contributed by atoms with van der Waals surface area (Å²) in [4.78, 5) is 32.3. The van der Waals surface area contributed by atoms with Crippen LogP contribution in [0.2, 0.25) is 15.1 Å². The minimum Gasteiger partial charge on any atom is -0.809 e. The second kappa shape index (κ2) is 13.3. The number of hydrogen-bond acceptors (Lipinski definition) is 7. The van der Waals surface area contributed by atoms with Crippen LogP contribution in [0.4, 0.5) is 0 Å². The standard InChI is InChI=1S/C7H7Cl3O7P2.3K/c8-3-1-4(9)6(5(10)2-3)17-19(15,16)7(11)18(12,13)14;;;/h1-2,7,11H,(H,15,16)(H2,12,13,14);;;/q;3*+1/p-3. The maximum atomic E-state index is 11.4. The van der Waals surface area contributed by atoms with Gasteiger partial charge >= 0.3 is 154 Å². The quantitative estimate of drug-likeness (QED) is 0.331. The zero-order chi connectivity index (χ0) is 15.0. The summed E-state index contributed by atoms with van der Waals surface area (Å²) in [7, 11) is -11.3. The topological polar surface area (TPSA) is 133 Å². The Hall–Kier alpha value is 5.10. The number of halogens is 3. The molecule has 108 valence electrons. The molecule has 1 aromatic rings. The van der Waals surface area contributed by atoms with Crippen molar-refractivity contribution in [3.05, 3.63) is 27.2 Å². The van der Waals surface area contributed by atoms with Crippen molar-refractivity contribution in [1.82, 2.24) is 0 Å². The predicted molar refractivity (Wildman–Crippen MR) is 63.3 cm³/mol. The zero-order valence-corrected chi connectivity index (χ0v) is 25.1. The van der Waals surface area contributed by atoms with Crippen LogP contribution < -0.4 is 173 Å². The average Bonchev–Trinajstić information content (AvgIpc) is 2.21. The van der Waals surface area contributed by atoms with E-state index in [4.69, 9.17) is 39.9 Å². The zero-order valence-electron chi connectivity index (χ0n) is 11.7. The third-order valence-electron chi connectivity index (χ3n) is 1.75. The number of rotatable bonds is 4. The van der Waals surface area contributed by atoms with Crippen LogP contribution in [-0.4, -0.2) is 10.7 Å². The number of aliphatic hydroxyl groups is 1. The average molecular weight is 486 g/mol. The van der Waals surface area contributed by atoms with Crippen LogP contribution >= 0.6 is 50.0 Å². The van der Waals surface area contributed by atoms with Gasteiger partial charge in [-0.25, -0.2) is 0 Å². The molecule has 0 saturated heterocycles. The predicted octanol–water partition coefficient (Wildman–Crippen LogP) is -8.22. The molecule has 0 bridgehead atoms. The molecule has 0 aliphatic rings. The van der Waals surface area contributed by atoms with E-state index < -0.39 is 26.5 Å². The van der Waals surface area contributed by atoms with E-state index in [1.165, 1.54) is 0 Å². The number of aliphatic hydroxyl groups excluding tert-OH is 1. The molecule has 22 heavy (non-hydrogen) atoms. The minimum absolute atomic E-state index is 0. The monoisotopic (exact) mass is 484 g/mol. The molecule has 2 unspecified atom stereocenters. The Bertz CT molecular complexity index is 576. The second-order valence-corrected chi connectivity index (χ2v) is 8.19. The van der Waals surface area contributed by atoms with Crippen molar-refractivity contribution < 1.29 is 188 Å². The van der Waals surface area contributed by atoms with Gasteiger partial charge in [-0.2, -0.15) is 0 Å². The summed E-state index contributed by atoms with van der Waals surface area (Å²) in [6, 6.07) is 2.15. The Labute approximate surface area is 269 Å². The van der Waals surface area contributed by atoms with Crippen molar-refractivity contribution in [2.75, 3.05) is 0 Å². The van der Waals surface area contributed by atoms with Crippen LogP contribution in [0.1, 0.15) is 0 Å². The van der Waals surface area contributed by atoms with E-state index in [2.05, 4.69) is 4.52 Å². The van der Waals surface area contributed by atoms with E-state index in [1.54, 1.807) is 0 Å². The van der Waals surface area contributed by atoms with Gasteiger partial charge < -0.3 is 28.9 Å². The Morgan fingerprint density at radius 1 is 1.00 bits per heavy atom. The molecule has 7 nitrogen and oxygen atoms in total. The molecular weight excluding hydrogens is 482 g/mol. The molecule has 1 N–H and O–H groups in total. The molecule has 2 atom stereocenters. The van der Waals surface area contributed by atoms with Gasteiger partial charge in [-0.1, -0.05) is 34.8 Å². The third-order valence-corrected chi connectivity index (χ3v) is 5.79. The van der Waals surface area contributed by atoms with Gasteiger partial charge in [-0.3, -0.25) is 4.57 Å². The van der Waals surface area contributed by atoms with Gasteiger partial charge in [-0.05, 0) is 19.7 Å². The van der Waals surface area contributed by atoms with Gasteiger partial charge in [0.15, 0.2) is 11.3 Å². The summed E-state index contributed by atoms with van der Waals surface area (Å²) in [6.45, 7) is 0. The molecule has 1 rings (SSSR count). The van der Waals surface area contributed by atoms with E-state index in [0.717, 1.165) is 12.1 Å². The summed E-state index contributed by atoms with van der Waals surface area (Å²) in [5.41, 5.74) is -3.25. The molecule has 0 amide bonds. The van der Waals surface area contributed by atoms with Gasteiger partial charge in [0.1, 0.15) is 0 Å².